The smallest absolute Gasteiger partial charge is 0.416 e. The number of aldehydes is 1. The van der Waals surface area contributed by atoms with Crippen LogP contribution in [0.1, 0.15) is 36.7 Å². The number of nitrogens with one attached hydrogen (secondary N) is 1. The molecular formula is C19H18F3N3O6. The molecule has 2 aromatic rings. The second-order valence-electron chi connectivity index (χ2n) is 7.25. The third-order valence-corrected chi connectivity index (χ3v) is 3.69. The van der Waals surface area contributed by atoms with Crippen LogP contribution in [0.5, 0.6) is 5.88 Å². The molecule has 1 heterocycles. The Hall–Kier alpha value is -3.70. The van der Waals surface area contributed by atoms with Gasteiger partial charge in [0.05, 0.1) is 23.3 Å². The van der Waals surface area contributed by atoms with Crippen LogP contribution in [0.15, 0.2) is 24.3 Å². The van der Waals surface area contributed by atoms with Gasteiger partial charge in [0.25, 0.3) is 5.88 Å². The molecule has 31 heavy (non-hydrogen) atoms. The van der Waals surface area contributed by atoms with Gasteiger partial charge in [-0.3, -0.25) is 20.2 Å². The third kappa shape index (κ3) is 5.90. The highest BCUT2D eigenvalue weighted by molar-refractivity contribution is 5.88. The number of amides is 1. The minimum absolute atomic E-state index is 0.166. The highest BCUT2D eigenvalue weighted by Gasteiger charge is 2.32. The maximum Gasteiger partial charge on any atom is 0.416 e. The maximum absolute atomic E-state index is 13.4. The van der Waals surface area contributed by atoms with Crippen molar-refractivity contribution in [1.29, 1.82) is 0 Å². The summed E-state index contributed by atoms with van der Waals surface area (Å²) in [5.41, 5.74) is -3.80. The summed E-state index contributed by atoms with van der Waals surface area (Å²) in [5.74, 6) is -0.552. The Labute approximate surface area is 174 Å². The number of nitrogens with zero attached hydrogens (tertiary/aromatic N) is 2. The Kier molecular flexibility index (Phi) is 6.52. The summed E-state index contributed by atoms with van der Waals surface area (Å²) >= 11 is 0. The van der Waals surface area contributed by atoms with E-state index >= 15 is 0 Å². The van der Waals surface area contributed by atoms with E-state index in [9.17, 15) is 32.9 Å². The predicted octanol–water partition coefficient (Wildman–Crippen LogP) is 4.84. The molecule has 0 fully saturated rings. The Morgan fingerprint density at radius 1 is 1.19 bits per heavy atom. The highest BCUT2D eigenvalue weighted by Crippen LogP contribution is 2.37. The lowest BCUT2D eigenvalue weighted by molar-refractivity contribution is -0.386. The van der Waals surface area contributed by atoms with Crippen LogP contribution in [-0.2, 0) is 10.9 Å². The molecule has 0 atom stereocenters. The number of halogens is 3. The number of rotatable bonds is 5. The van der Waals surface area contributed by atoms with E-state index < -0.39 is 45.5 Å². The van der Waals surface area contributed by atoms with Crippen LogP contribution in [0.25, 0.3) is 11.3 Å². The van der Waals surface area contributed by atoms with Crippen molar-refractivity contribution < 1.29 is 37.2 Å². The number of hydrogen-bond acceptors (Lipinski definition) is 7. The molecule has 0 saturated heterocycles. The van der Waals surface area contributed by atoms with Gasteiger partial charge in [-0.25, -0.2) is 9.78 Å². The number of ether oxygens (including phenoxy) is 2. The highest BCUT2D eigenvalue weighted by atomic mass is 19.4. The van der Waals surface area contributed by atoms with E-state index in [2.05, 4.69) is 10.3 Å². The number of nitro groups is 1. The molecular weight excluding hydrogens is 423 g/mol. The molecule has 1 amide bonds. The average Bonchev–Trinajstić information content (AvgIpc) is 2.64. The molecule has 0 aliphatic heterocycles. The molecule has 166 valence electrons. The average molecular weight is 441 g/mol. The fraction of sp³-hybridized carbons (Fsp3) is 0.316. The Balaban J connectivity index is 2.64. The van der Waals surface area contributed by atoms with Gasteiger partial charge in [-0.15, -0.1) is 0 Å². The van der Waals surface area contributed by atoms with Crippen molar-refractivity contribution in [3.05, 3.63) is 45.5 Å². The van der Waals surface area contributed by atoms with Crippen LogP contribution in [0.2, 0.25) is 0 Å². The zero-order chi connectivity index (χ0) is 23.6. The van der Waals surface area contributed by atoms with E-state index in [1.165, 1.54) is 0 Å². The Morgan fingerprint density at radius 2 is 1.84 bits per heavy atom. The number of methoxy groups -OCH3 is 1. The van der Waals surface area contributed by atoms with Crippen LogP contribution in [-0.4, -0.2) is 35.0 Å². The first kappa shape index (κ1) is 23.6. The first-order valence-corrected chi connectivity index (χ1v) is 8.66. The molecule has 0 unspecified atom stereocenters. The SMILES string of the molecule is COc1nc(-c2cc(NC(=O)OC(C)(C)C)cc(C(F)(F)F)c2)cc(C=O)c1[N+](=O)[O-]. The number of carbonyl (C=O) groups is 2. The monoisotopic (exact) mass is 441 g/mol. The first-order valence-electron chi connectivity index (χ1n) is 8.66. The molecule has 0 aliphatic carbocycles. The van der Waals surface area contributed by atoms with Gasteiger partial charge in [0.15, 0.2) is 6.29 Å². The summed E-state index contributed by atoms with van der Waals surface area (Å²) in [5, 5.41) is 13.4. The standard InChI is InChI=1S/C19H18F3N3O6/c1-18(2,3)31-17(27)23-13-6-10(5-12(8-13)19(20,21)22)14-7-11(9-26)15(25(28)29)16(24-14)30-4/h5-9H,1-4H3,(H,23,27). The van der Waals surface area contributed by atoms with Gasteiger partial charge in [0.2, 0.25) is 0 Å². The number of pyridine rings is 1. The van der Waals surface area contributed by atoms with Gasteiger partial charge in [0, 0.05) is 11.3 Å². The summed E-state index contributed by atoms with van der Waals surface area (Å²) in [6, 6.07) is 3.53. The van der Waals surface area contributed by atoms with Crippen LogP contribution in [0.3, 0.4) is 0 Å². The second-order valence-corrected chi connectivity index (χ2v) is 7.25. The molecule has 0 spiro atoms. The van der Waals surface area contributed by atoms with E-state index in [4.69, 9.17) is 9.47 Å². The number of hydrogen-bond donors (Lipinski definition) is 1. The van der Waals surface area contributed by atoms with Gasteiger partial charge in [-0.2, -0.15) is 13.2 Å². The molecule has 0 saturated carbocycles. The molecule has 1 aromatic heterocycles. The molecule has 12 heteroatoms. The Morgan fingerprint density at radius 3 is 2.32 bits per heavy atom. The fourth-order valence-electron chi connectivity index (χ4n) is 2.53. The van der Waals surface area contributed by atoms with Crippen molar-refractivity contribution in [3.63, 3.8) is 0 Å². The molecule has 9 nitrogen and oxygen atoms in total. The third-order valence-electron chi connectivity index (χ3n) is 3.69. The van der Waals surface area contributed by atoms with Crippen molar-refractivity contribution in [1.82, 2.24) is 4.98 Å². The fourth-order valence-corrected chi connectivity index (χ4v) is 2.53. The lowest BCUT2D eigenvalue weighted by atomic mass is 10.0. The van der Waals surface area contributed by atoms with Crippen LogP contribution < -0.4 is 10.1 Å². The largest absolute Gasteiger partial charge is 0.476 e. The lowest BCUT2D eigenvalue weighted by Gasteiger charge is -2.20. The number of aromatic nitrogens is 1. The van der Waals surface area contributed by atoms with Gasteiger partial charge in [-0.1, -0.05) is 0 Å². The minimum Gasteiger partial charge on any atom is -0.476 e. The molecule has 1 aromatic carbocycles. The maximum atomic E-state index is 13.4. The van der Waals surface area contributed by atoms with Crippen LogP contribution >= 0.6 is 0 Å². The summed E-state index contributed by atoms with van der Waals surface area (Å²) < 4.78 is 50.1. The Bertz CT molecular complexity index is 1030. The second kappa shape index (κ2) is 8.58. The van der Waals surface area contributed by atoms with E-state index in [1.807, 2.05) is 0 Å². The summed E-state index contributed by atoms with van der Waals surface area (Å²) in [6.45, 7) is 4.74. The van der Waals surface area contributed by atoms with Crippen molar-refractivity contribution in [3.8, 4) is 17.1 Å². The van der Waals surface area contributed by atoms with E-state index in [1.54, 1.807) is 20.8 Å². The number of anilines is 1. The predicted molar refractivity (Wildman–Crippen MR) is 103 cm³/mol. The number of alkyl halides is 3. The quantitative estimate of drug-likeness (QED) is 0.400. The normalized spacial score (nSPS) is 11.6. The van der Waals surface area contributed by atoms with Gasteiger partial charge in [0.1, 0.15) is 11.2 Å². The van der Waals surface area contributed by atoms with Crippen molar-refractivity contribution in [2.75, 3.05) is 12.4 Å². The molecule has 0 radical (unpaired) electrons. The van der Waals surface area contributed by atoms with E-state index in [0.717, 1.165) is 25.3 Å². The number of carbonyl (C=O) groups excluding carboxylic acids is 2. The van der Waals surface area contributed by atoms with Crippen molar-refractivity contribution in [2.24, 2.45) is 0 Å². The van der Waals surface area contributed by atoms with Crippen molar-refractivity contribution >= 4 is 23.8 Å². The zero-order valence-electron chi connectivity index (χ0n) is 16.9. The van der Waals surface area contributed by atoms with Gasteiger partial charge in [-0.05, 0) is 45.0 Å². The van der Waals surface area contributed by atoms with E-state index in [-0.39, 0.29) is 23.2 Å². The van der Waals surface area contributed by atoms with Gasteiger partial charge < -0.3 is 9.47 Å². The molecule has 1 N–H and O–H groups in total. The first-order chi connectivity index (χ1) is 14.2. The minimum atomic E-state index is -4.78. The van der Waals surface area contributed by atoms with Crippen LogP contribution in [0, 0.1) is 10.1 Å². The van der Waals surface area contributed by atoms with Crippen molar-refractivity contribution in [2.45, 2.75) is 32.5 Å². The topological polar surface area (TPSA) is 121 Å². The zero-order valence-corrected chi connectivity index (χ0v) is 16.9. The summed E-state index contributed by atoms with van der Waals surface area (Å²) in [6.07, 6.45) is -5.60. The number of benzene rings is 1. The van der Waals surface area contributed by atoms with Gasteiger partial charge >= 0.3 is 18.0 Å². The summed E-state index contributed by atoms with van der Waals surface area (Å²) in [7, 11) is 1.06. The summed E-state index contributed by atoms with van der Waals surface area (Å²) in [4.78, 5) is 37.5. The molecule has 2 rings (SSSR count). The molecule has 0 aliphatic rings. The van der Waals surface area contributed by atoms with Crippen LogP contribution in [0.4, 0.5) is 29.3 Å². The molecule has 0 bridgehead atoms. The lowest BCUT2D eigenvalue weighted by Crippen LogP contribution is -2.27. The van der Waals surface area contributed by atoms with E-state index in [0.29, 0.717) is 6.07 Å².